The second-order valence-electron chi connectivity index (χ2n) is 16.8. The zero-order valence-electron chi connectivity index (χ0n) is 35.4. The minimum Gasteiger partial charge on any atom is -0.456 e. The Labute approximate surface area is 376 Å². The van der Waals surface area contributed by atoms with Gasteiger partial charge >= 0.3 is 0 Å². The molecule has 0 N–H and O–H groups in total. The summed E-state index contributed by atoms with van der Waals surface area (Å²) in [6.07, 6.45) is 0. The highest BCUT2D eigenvalue weighted by atomic mass is 16.3. The molecule has 0 spiro atoms. The van der Waals surface area contributed by atoms with E-state index in [-0.39, 0.29) is 0 Å². The molecule has 304 valence electrons. The summed E-state index contributed by atoms with van der Waals surface area (Å²) in [5, 5.41) is 9.59. The zero-order chi connectivity index (χ0) is 42.8. The van der Waals surface area contributed by atoms with Crippen LogP contribution in [0.5, 0.6) is 0 Å². The van der Waals surface area contributed by atoms with Crippen molar-refractivity contribution in [2.45, 2.75) is 0 Å². The maximum atomic E-state index is 6.37. The van der Waals surface area contributed by atoms with Gasteiger partial charge in [0.2, 0.25) is 0 Å². The average molecular weight is 829 g/mol. The lowest BCUT2D eigenvalue weighted by Gasteiger charge is -2.28. The second kappa shape index (κ2) is 15.0. The van der Waals surface area contributed by atoms with Crippen molar-refractivity contribution >= 4 is 82.4 Å². The first kappa shape index (κ1) is 36.9. The molecule has 3 nitrogen and oxygen atoms in total. The van der Waals surface area contributed by atoms with E-state index in [0.717, 1.165) is 55.8 Å². The molecule has 3 heteroatoms. The standard InChI is InChI=1S/C62H40N2O/c1-3-16-41(17-4-1)48-26-12-18-43-19-13-27-49(60(43)48)42-34-36-46(37-35-42)63(47-23-11-20-44(40-47)50-28-15-33-59-62(50)54-25-8-10-32-58(54)65-59)55-31-14-29-52-51(55)38-39-57-61(52)53-24-7-9-30-56(53)64(57)45-21-5-2-6-22-45/h1-40H. The highest BCUT2D eigenvalue weighted by Gasteiger charge is 2.21. The molecule has 13 rings (SSSR count). The van der Waals surface area contributed by atoms with Gasteiger partial charge in [0.15, 0.2) is 0 Å². The lowest BCUT2D eigenvalue weighted by atomic mass is 9.91. The van der Waals surface area contributed by atoms with Gasteiger partial charge in [0, 0.05) is 44.0 Å². The van der Waals surface area contributed by atoms with Crippen LogP contribution in [0, 0.1) is 0 Å². The molecular formula is C62H40N2O. The van der Waals surface area contributed by atoms with Crippen molar-refractivity contribution in [2.24, 2.45) is 0 Å². The lowest BCUT2D eigenvalue weighted by Crippen LogP contribution is -2.10. The van der Waals surface area contributed by atoms with Crippen LogP contribution in [-0.2, 0) is 0 Å². The van der Waals surface area contributed by atoms with Crippen LogP contribution in [0.4, 0.5) is 17.1 Å². The number of hydrogen-bond donors (Lipinski definition) is 0. The number of hydrogen-bond acceptors (Lipinski definition) is 2. The van der Waals surface area contributed by atoms with Crippen LogP contribution in [0.3, 0.4) is 0 Å². The van der Waals surface area contributed by atoms with Crippen molar-refractivity contribution in [3.8, 4) is 39.1 Å². The van der Waals surface area contributed by atoms with E-state index < -0.39 is 0 Å². The van der Waals surface area contributed by atoms with E-state index in [1.54, 1.807) is 0 Å². The third-order valence-electron chi connectivity index (χ3n) is 13.2. The van der Waals surface area contributed by atoms with E-state index in [1.807, 2.05) is 6.07 Å². The summed E-state index contributed by atoms with van der Waals surface area (Å²) >= 11 is 0. The van der Waals surface area contributed by atoms with Gasteiger partial charge < -0.3 is 13.9 Å². The number of anilines is 3. The Morgan fingerprint density at radius 3 is 1.72 bits per heavy atom. The predicted octanol–water partition coefficient (Wildman–Crippen LogP) is 17.5. The van der Waals surface area contributed by atoms with Crippen molar-refractivity contribution in [1.29, 1.82) is 0 Å². The molecule has 0 saturated carbocycles. The van der Waals surface area contributed by atoms with E-state index in [4.69, 9.17) is 4.42 Å². The Kier molecular flexibility index (Phi) is 8.53. The fourth-order valence-corrected chi connectivity index (χ4v) is 10.3. The minimum atomic E-state index is 0.887. The molecule has 65 heavy (non-hydrogen) atoms. The molecule has 0 fully saturated rings. The maximum Gasteiger partial charge on any atom is 0.136 e. The normalized spacial score (nSPS) is 11.7. The van der Waals surface area contributed by atoms with Crippen LogP contribution >= 0.6 is 0 Å². The lowest BCUT2D eigenvalue weighted by molar-refractivity contribution is 0.669. The van der Waals surface area contributed by atoms with Gasteiger partial charge in [0.25, 0.3) is 0 Å². The van der Waals surface area contributed by atoms with Gasteiger partial charge in [-0.1, -0.05) is 176 Å². The monoisotopic (exact) mass is 828 g/mol. The highest BCUT2D eigenvalue weighted by Crippen LogP contribution is 2.46. The third kappa shape index (κ3) is 5.97. The average Bonchev–Trinajstić information content (AvgIpc) is 3.93. The Balaban J connectivity index is 1.03. The van der Waals surface area contributed by atoms with Crippen molar-refractivity contribution in [3.05, 3.63) is 243 Å². The summed E-state index contributed by atoms with van der Waals surface area (Å²) in [7, 11) is 0. The number of aromatic nitrogens is 1. The molecule has 0 unspecified atom stereocenters. The van der Waals surface area contributed by atoms with Gasteiger partial charge in [-0.15, -0.1) is 0 Å². The number of furan rings is 1. The second-order valence-corrected chi connectivity index (χ2v) is 16.8. The summed E-state index contributed by atoms with van der Waals surface area (Å²) in [5.74, 6) is 0. The SMILES string of the molecule is c1ccc(-c2cccc3cccc(-c4ccc(N(c5cccc(-c6cccc7oc8ccccc8c67)c5)c5cccc6c5ccc5c6c6ccccc6n5-c5ccccc5)cc4)c23)cc1. The molecule has 13 aromatic rings. The zero-order valence-corrected chi connectivity index (χ0v) is 35.4. The molecule has 0 saturated heterocycles. The van der Waals surface area contributed by atoms with E-state index in [2.05, 4.69) is 246 Å². The number of fused-ring (bicyclic) bond motifs is 9. The van der Waals surface area contributed by atoms with Gasteiger partial charge in [-0.3, -0.25) is 0 Å². The molecule has 0 atom stereocenters. The third-order valence-corrected chi connectivity index (χ3v) is 13.2. The molecule has 0 amide bonds. The summed E-state index contributed by atoms with van der Waals surface area (Å²) in [6, 6.07) is 87.7. The van der Waals surface area contributed by atoms with Gasteiger partial charge in [-0.05, 0) is 116 Å². The van der Waals surface area contributed by atoms with Crippen molar-refractivity contribution in [3.63, 3.8) is 0 Å². The number of benzene rings is 11. The number of nitrogens with zero attached hydrogens (tertiary/aromatic N) is 2. The van der Waals surface area contributed by atoms with Gasteiger partial charge in [-0.2, -0.15) is 0 Å². The van der Waals surface area contributed by atoms with E-state index in [9.17, 15) is 0 Å². The van der Waals surface area contributed by atoms with Crippen molar-refractivity contribution in [2.75, 3.05) is 4.90 Å². The number of rotatable bonds is 7. The molecule has 2 heterocycles. The van der Waals surface area contributed by atoms with Crippen LogP contribution in [0.2, 0.25) is 0 Å². The first-order chi connectivity index (χ1) is 32.3. The minimum absolute atomic E-state index is 0.887. The molecular weight excluding hydrogens is 789 g/mol. The Bertz CT molecular complexity index is 3930. The van der Waals surface area contributed by atoms with E-state index >= 15 is 0 Å². The van der Waals surface area contributed by atoms with E-state index in [1.165, 1.54) is 65.6 Å². The van der Waals surface area contributed by atoms with Gasteiger partial charge in [0.1, 0.15) is 11.2 Å². The summed E-state index contributed by atoms with van der Waals surface area (Å²) in [6.45, 7) is 0. The molecule has 11 aromatic carbocycles. The first-order valence-electron chi connectivity index (χ1n) is 22.3. The highest BCUT2D eigenvalue weighted by molar-refractivity contribution is 6.23. The van der Waals surface area contributed by atoms with Gasteiger partial charge in [-0.25, -0.2) is 0 Å². The van der Waals surface area contributed by atoms with Crippen LogP contribution in [0.25, 0.3) is 104 Å². The largest absolute Gasteiger partial charge is 0.456 e. The quantitative estimate of drug-likeness (QED) is 0.160. The topological polar surface area (TPSA) is 21.3 Å². The van der Waals surface area contributed by atoms with Crippen LogP contribution < -0.4 is 4.90 Å². The summed E-state index contributed by atoms with van der Waals surface area (Å²) < 4.78 is 8.77. The molecule has 0 bridgehead atoms. The Morgan fingerprint density at radius 2 is 0.923 bits per heavy atom. The maximum absolute atomic E-state index is 6.37. The fraction of sp³-hybridized carbons (Fsp3) is 0. The Hall–Kier alpha value is -8.66. The first-order valence-corrected chi connectivity index (χ1v) is 22.3. The van der Waals surface area contributed by atoms with Gasteiger partial charge in [0.05, 0.1) is 16.7 Å². The summed E-state index contributed by atoms with van der Waals surface area (Å²) in [4.78, 5) is 2.43. The molecule has 0 aliphatic carbocycles. The molecule has 0 aliphatic heterocycles. The van der Waals surface area contributed by atoms with Crippen LogP contribution in [0.1, 0.15) is 0 Å². The van der Waals surface area contributed by atoms with Crippen molar-refractivity contribution in [1.82, 2.24) is 4.57 Å². The number of para-hydroxylation sites is 3. The fourth-order valence-electron chi connectivity index (χ4n) is 10.3. The Morgan fingerprint density at radius 1 is 0.323 bits per heavy atom. The molecule has 2 aromatic heterocycles. The molecule has 0 aliphatic rings. The van der Waals surface area contributed by atoms with E-state index in [0.29, 0.717) is 0 Å². The van der Waals surface area contributed by atoms with Crippen molar-refractivity contribution < 1.29 is 4.42 Å². The van der Waals surface area contributed by atoms with Crippen LogP contribution in [-0.4, -0.2) is 4.57 Å². The molecule has 0 radical (unpaired) electrons. The predicted molar refractivity (Wildman–Crippen MR) is 274 cm³/mol. The summed E-state index contributed by atoms with van der Waals surface area (Å²) in [5.41, 5.74) is 15.6. The smallest absolute Gasteiger partial charge is 0.136 e. The van der Waals surface area contributed by atoms with Crippen LogP contribution in [0.15, 0.2) is 247 Å².